The van der Waals surface area contributed by atoms with E-state index in [4.69, 9.17) is 4.74 Å². The lowest BCUT2D eigenvalue weighted by molar-refractivity contribution is 0.369. The van der Waals surface area contributed by atoms with Gasteiger partial charge in [-0.05, 0) is 37.1 Å². The maximum atomic E-state index is 5.10. The lowest BCUT2D eigenvalue weighted by Gasteiger charge is -2.27. The van der Waals surface area contributed by atoms with Crippen molar-refractivity contribution in [1.82, 2.24) is 5.32 Å². The third-order valence-electron chi connectivity index (χ3n) is 2.57. The first-order chi connectivity index (χ1) is 6.38. The molecule has 0 spiro atoms. The Kier molecular flexibility index (Phi) is 2.50. The first-order valence-electron chi connectivity index (χ1n) is 4.75. The number of hydrogen-bond donors (Lipinski definition) is 1. The maximum Gasteiger partial charge on any atom is 0.118 e. The van der Waals surface area contributed by atoms with Crippen molar-refractivity contribution < 1.29 is 4.74 Å². The monoisotopic (exact) mass is 177 g/mol. The largest absolute Gasteiger partial charge is 0.497 e. The predicted molar refractivity (Wildman–Crippen MR) is 53.1 cm³/mol. The van der Waals surface area contributed by atoms with Crippen LogP contribution in [0.2, 0.25) is 0 Å². The molecule has 70 valence electrons. The molecule has 2 heteroatoms. The summed E-state index contributed by atoms with van der Waals surface area (Å²) >= 11 is 0. The lowest BCUT2D eigenvalue weighted by atomic mass is 9.98. The molecule has 0 aromatic heterocycles. The molecule has 1 aliphatic heterocycles. The summed E-state index contributed by atoms with van der Waals surface area (Å²) in [5.74, 6) is 0.935. The Morgan fingerprint density at radius 3 is 2.54 bits per heavy atom. The second-order valence-corrected chi connectivity index (χ2v) is 3.49. The summed E-state index contributed by atoms with van der Waals surface area (Å²) in [5, 5.41) is 3.39. The molecule has 1 N–H and O–H groups in total. The summed E-state index contributed by atoms with van der Waals surface area (Å²) < 4.78 is 5.10. The Labute approximate surface area is 78.9 Å². The first kappa shape index (κ1) is 8.57. The van der Waals surface area contributed by atoms with E-state index in [1.807, 2.05) is 12.1 Å². The second-order valence-electron chi connectivity index (χ2n) is 3.49. The van der Waals surface area contributed by atoms with Gasteiger partial charge in [0, 0.05) is 6.04 Å². The van der Waals surface area contributed by atoms with Gasteiger partial charge in [0.25, 0.3) is 0 Å². The van der Waals surface area contributed by atoms with E-state index >= 15 is 0 Å². The summed E-state index contributed by atoms with van der Waals surface area (Å²) in [7, 11) is 1.70. The zero-order valence-corrected chi connectivity index (χ0v) is 7.92. The van der Waals surface area contributed by atoms with Gasteiger partial charge in [-0.15, -0.1) is 0 Å². The van der Waals surface area contributed by atoms with Crippen molar-refractivity contribution in [1.29, 1.82) is 0 Å². The molecule has 0 saturated carbocycles. The molecule has 1 atom stereocenters. The van der Waals surface area contributed by atoms with Gasteiger partial charge >= 0.3 is 0 Å². The van der Waals surface area contributed by atoms with Gasteiger partial charge < -0.3 is 10.1 Å². The lowest BCUT2D eigenvalue weighted by Crippen LogP contribution is -2.44. The molecule has 13 heavy (non-hydrogen) atoms. The van der Waals surface area contributed by atoms with E-state index in [1.54, 1.807) is 7.11 Å². The number of ether oxygens (including phenoxy) is 1. The fourth-order valence-electron chi connectivity index (χ4n) is 1.57. The van der Waals surface area contributed by atoms with Crippen molar-refractivity contribution in [3.05, 3.63) is 29.8 Å². The van der Waals surface area contributed by atoms with E-state index in [-0.39, 0.29) is 0 Å². The van der Waals surface area contributed by atoms with Crippen LogP contribution in [0.5, 0.6) is 5.75 Å². The molecule has 2 rings (SSSR count). The van der Waals surface area contributed by atoms with Gasteiger partial charge in [-0.25, -0.2) is 0 Å². The third-order valence-corrected chi connectivity index (χ3v) is 2.57. The van der Waals surface area contributed by atoms with Crippen LogP contribution in [0.3, 0.4) is 0 Å². The molecule has 0 aliphatic carbocycles. The van der Waals surface area contributed by atoms with E-state index in [1.165, 1.54) is 18.5 Å². The average molecular weight is 177 g/mol. The van der Waals surface area contributed by atoms with Gasteiger partial charge in [0.1, 0.15) is 5.75 Å². The molecule has 0 bridgehead atoms. The summed E-state index contributed by atoms with van der Waals surface area (Å²) in [5.41, 5.74) is 1.39. The summed E-state index contributed by atoms with van der Waals surface area (Å²) in [4.78, 5) is 0. The average Bonchev–Trinajstić information content (AvgIpc) is 2.12. The topological polar surface area (TPSA) is 21.3 Å². The molecule has 1 aliphatic rings. The van der Waals surface area contributed by atoms with E-state index in [9.17, 15) is 0 Å². The van der Waals surface area contributed by atoms with Crippen molar-refractivity contribution >= 4 is 0 Å². The smallest absolute Gasteiger partial charge is 0.118 e. The van der Waals surface area contributed by atoms with E-state index < -0.39 is 0 Å². The maximum absolute atomic E-state index is 5.10. The third kappa shape index (κ3) is 2.01. The molecule has 1 aromatic rings. The molecule has 1 fully saturated rings. The Bertz CT molecular complexity index is 264. The molecule has 0 radical (unpaired) electrons. The van der Waals surface area contributed by atoms with Gasteiger partial charge in [-0.3, -0.25) is 0 Å². The Balaban J connectivity index is 1.96. The summed E-state index contributed by atoms with van der Waals surface area (Å²) in [6.45, 7) is 1.18. The number of hydrogen-bond acceptors (Lipinski definition) is 2. The highest BCUT2D eigenvalue weighted by Crippen LogP contribution is 2.15. The fraction of sp³-hybridized carbons (Fsp3) is 0.455. The van der Waals surface area contributed by atoms with Crippen LogP contribution in [-0.2, 0) is 6.42 Å². The van der Waals surface area contributed by atoms with Gasteiger partial charge in [0.05, 0.1) is 7.11 Å². The van der Waals surface area contributed by atoms with Gasteiger partial charge in [0.2, 0.25) is 0 Å². The van der Waals surface area contributed by atoms with E-state index in [0.717, 1.165) is 12.2 Å². The molecular formula is C11H15NO. The molecular weight excluding hydrogens is 162 g/mol. The van der Waals surface area contributed by atoms with Crippen LogP contribution in [0.15, 0.2) is 24.3 Å². The normalized spacial score (nSPS) is 20.8. The van der Waals surface area contributed by atoms with Crippen LogP contribution in [0.25, 0.3) is 0 Å². The Morgan fingerprint density at radius 2 is 2.08 bits per heavy atom. The summed E-state index contributed by atoms with van der Waals surface area (Å²) in [6.07, 6.45) is 2.45. The minimum Gasteiger partial charge on any atom is -0.497 e. The van der Waals surface area contributed by atoms with Crippen molar-refractivity contribution in [3.8, 4) is 5.75 Å². The van der Waals surface area contributed by atoms with E-state index in [0.29, 0.717) is 6.04 Å². The van der Waals surface area contributed by atoms with E-state index in [2.05, 4.69) is 17.4 Å². The highest BCUT2D eigenvalue weighted by atomic mass is 16.5. The molecule has 1 heterocycles. The van der Waals surface area contributed by atoms with Crippen LogP contribution in [-0.4, -0.2) is 19.7 Å². The van der Waals surface area contributed by atoms with Gasteiger partial charge in [-0.2, -0.15) is 0 Å². The van der Waals surface area contributed by atoms with Crippen LogP contribution >= 0.6 is 0 Å². The van der Waals surface area contributed by atoms with Gasteiger partial charge in [-0.1, -0.05) is 12.1 Å². The molecule has 0 unspecified atom stereocenters. The minimum absolute atomic E-state index is 0.702. The number of methoxy groups -OCH3 is 1. The Hall–Kier alpha value is -1.02. The van der Waals surface area contributed by atoms with Gasteiger partial charge in [0.15, 0.2) is 0 Å². The van der Waals surface area contributed by atoms with Crippen molar-refractivity contribution in [2.45, 2.75) is 18.9 Å². The first-order valence-corrected chi connectivity index (χ1v) is 4.75. The zero-order valence-electron chi connectivity index (χ0n) is 7.92. The van der Waals surface area contributed by atoms with Crippen LogP contribution in [0.1, 0.15) is 12.0 Å². The second kappa shape index (κ2) is 3.79. The minimum atomic E-state index is 0.702. The number of nitrogens with one attached hydrogen (secondary N) is 1. The SMILES string of the molecule is COc1ccc(C[C@@H]2CCN2)cc1. The highest BCUT2D eigenvalue weighted by molar-refractivity contribution is 5.27. The highest BCUT2D eigenvalue weighted by Gasteiger charge is 2.15. The number of rotatable bonds is 3. The van der Waals surface area contributed by atoms with Crippen LogP contribution in [0.4, 0.5) is 0 Å². The zero-order chi connectivity index (χ0) is 9.10. The quantitative estimate of drug-likeness (QED) is 0.757. The Morgan fingerprint density at radius 1 is 1.38 bits per heavy atom. The number of benzene rings is 1. The fourth-order valence-corrected chi connectivity index (χ4v) is 1.57. The van der Waals surface area contributed by atoms with Crippen molar-refractivity contribution in [2.24, 2.45) is 0 Å². The molecule has 1 saturated heterocycles. The predicted octanol–water partition coefficient (Wildman–Crippen LogP) is 1.60. The molecule has 2 nitrogen and oxygen atoms in total. The molecule has 0 amide bonds. The van der Waals surface area contributed by atoms with Crippen LogP contribution in [0, 0.1) is 0 Å². The standard InChI is InChI=1S/C11H15NO/c1-13-11-4-2-9(3-5-11)8-10-6-7-12-10/h2-5,10,12H,6-8H2,1H3/t10-/m0/s1. The summed E-state index contributed by atoms with van der Waals surface area (Å²) in [6, 6.07) is 9.02. The van der Waals surface area contributed by atoms with Crippen LogP contribution < -0.4 is 10.1 Å². The van der Waals surface area contributed by atoms with Crippen molar-refractivity contribution in [2.75, 3.05) is 13.7 Å². The molecule has 1 aromatic carbocycles. The van der Waals surface area contributed by atoms with Crippen molar-refractivity contribution in [3.63, 3.8) is 0 Å².